The molecule has 1 fully saturated rings. The van der Waals surface area contributed by atoms with Gasteiger partial charge in [-0.1, -0.05) is 44.2 Å². The highest BCUT2D eigenvalue weighted by Gasteiger charge is 2.37. The molecule has 106 valence electrons. The van der Waals surface area contributed by atoms with E-state index in [1.165, 1.54) is 18.4 Å². The number of benzene rings is 1. The number of hydrogen-bond acceptors (Lipinski definition) is 2. The van der Waals surface area contributed by atoms with Crippen molar-refractivity contribution >= 4 is 0 Å². The van der Waals surface area contributed by atoms with E-state index < -0.39 is 0 Å². The van der Waals surface area contributed by atoms with Gasteiger partial charge in [0.15, 0.2) is 0 Å². The summed E-state index contributed by atoms with van der Waals surface area (Å²) in [5.74, 6) is 0. The average Bonchev–Trinajstić information content (AvgIpc) is 2.42. The van der Waals surface area contributed by atoms with Crippen molar-refractivity contribution in [3.63, 3.8) is 0 Å². The van der Waals surface area contributed by atoms with Gasteiger partial charge in [-0.25, -0.2) is 0 Å². The molecule has 0 spiro atoms. The standard InChI is InChI=1S/C17H27NO/c1-16(2)9-11-17(14-18,12-10-16)19-13-8-15-6-4-3-5-7-15/h3-7H,8-14,18H2,1-2H3. The zero-order valence-electron chi connectivity index (χ0n) is 12.3. The third kappa shape index (κ3) is 4.05. The lowest BCUT2D eigenvalue weighted by Crippen LogP contribution is -2.45. The van der Waals surface area contributed by atoms with Crippen LogP contribution in [-0.4, -0.2) is 18.8 Å². The number of ether oxygens (including phenoxy) is 1. The second-order valence-electron chi connectivity index (χ2n) is 6.64. The maximum atomic E-state index is 6.19. The molecule has 1 saturated carbocycles. The van der Waals surface area contributed by atoms with Crippen LogP contribution < -0.4 is 5.73 Å². The predicted molar refractivity (Wildman–Crippen MR) is 80.1 cm³/mol. The molecular weight excluding hydrogens is 234 g/mol. The molecule has 19 heavy (non-hydrogen) atoms. The normalized spacial score (nSPS) is 21.2. The van der Waals surface area contributed by atoms with Gasteiger partial charge in [0.25, 0.3) is 0 Å². The zero-order chi connectivity index (χ0) is 13.8. The van der Waals surface area contributed by atoms with Crippen LogP contribution in [0.15, 0.2) is 30.3 Å². The van der Waals surface area contributed by atoms with E-state index in [2.05, 4.69) is 44.2 Å². The summed E-state index contributed by atoms with van der Waals surface area (Å²) in [5, 5.41) is 0. The van der Waals surface area contributed by atoms with Crippen LogP contribution in [0.5, 0.6) is 0 Å². The molecule has 2 N–H and O–H groups in total. The summed E-state index contributed by atoms with van der Waals surface area (Å²) >= 11 is 0. The molecule has 0 unspecified atom stereocenters. The van der Waals surface area contributed by atoms with Gasteiger partial charge in [0.1, 0.15) is 0 Å². The third-order valence-corrected chi connectivity index (χ3v) is 4.53. The van der Waals surface area contributed by atoms with Crippen LogP contribution in [0.3, 0.4) is 0 Å². The van der Waals surface area contributed by atoms with Crippen molar-refractivity contribution in [1.29, 1.82) is 0 Å². The minimum atomic E-state index is -0.0652. The van der Waals surface area contributed by atoms with E-state index in [9.17, 15) is 0 Å². The quantitative estimate of drug-likeness (QED) is 0.880. The van der Waals surface area contributed by atoms with Crippen LogP contribution in [0.2, 0.25) is 0 Å². The van der Waals surface area contributed by atoms with Gasteiger partial charge in [-0.15, -0.1) is 0 Å². The summed E-state index contributed by atoms with van der Waals surface area (Å²) in [4.78, 5) is 0. The van der Waals surface area contributed by atoms with E-state index in [4.69, 9.17) is 10.5 Å². The molecule has 2 heteroatoms. The Morgan fingerprint density at radius 1 is 1.05 bits per heavy atom. The van der Waals surface area contributed by atoms with Crippen molar-refractivity contribution in [3.8, 4) is 0 Å². The van der Waals surface area contributed by atoms with Crippen LogP contribution in [0.4, 0.5) is 0 Å². The van der Waals surface area contributed by atoms with E-state index in [0.29, 0.717) is 12.0 Å². The first-order valence-electron chi connectivity index (χ1n) is 7.43. The Hall–Kier alpha value is -0.860. The summed E-state index contributed by atoms with van der Waals surface area (Å²) in [5.41, 5.74) is 7.71. The summed E-state index contributed by atoms with van der Waals surface area (Å²) in [6, 6.07) is 10.5. The average molecular weight is 261 g/mol. The minimum absolute atomic E-state index is 0.0652. The van der Waals surface area contributed by atoms with E-state index >= 15 is 0 Å². The Labute approximate surface area is 117 Å². The second-order valence-corrected chi connectivity index (χ2v) is 6.64. The van der Waals surface area contributed by atoms with Crippen molar-refractivity contribution in [2.45, 2.75) is 51.6 Å². The van der Waals surface area contributed by atoms with Gasteiger partial charge in [-0.05, 0) is 43.1 Å². The molecule has 1 aromatic carbocycles. The molecule has 1 aromatic rings. The summed E-state index contributed by atoms with van der Waals surface area (Å²) in [6.45, 7) is 6.12. The third-order valence-electron chi connectivity index (χ3n) is 4.53. The monoisotopic (exact) mass is 261 g/mol. The Balaban J connectivity index is 1.83. The fraction of sp³-hybridized carbons (Fsp3) is 0.647. The van der Waals surface area contributed by atoms with E-state index in [1.807, 2.05) is 0 Å². The van der Waals surface area contributed by atoms with Gasteiger partial charge in [-0.2, -0.15) is 0 Å². The lowest BCUT2D eigenvalue weighted by molar-refractivity contribution is -0.0800. The van der Waals surface area contributed by atoms with Crippen molar-refractivity contribution < 1.29 is 4.74 Å². The number of hydrogen-bond donors (Lipinski definition) is 1. The van der Waals surface area contributed by atoms with Crippen molar-refractivity contribution in [2.75, 3.05) is 13.2 Å². The molecule has 1 aliphatic rings. The highest BCUT2D eigenvalue weighted by molar-refractivity contribution is 5.14. The molecular formula is C17H27NO. The van der Waals surface area contributed by atoms with Gasteiger partial charge in [0.2, 0.25) is 0 Å². The zero-order valence-corrected chi connectivity index (χ0v) is 12.3. The van der Waals surface area contributed by atoms with Crippen LogP contribution in [0.1, 0.15) is 45.1 Å². The van der Waals surface area contributed by atoms with Crippen molar-refractivity contribution in [1.82, 2.24) is 0 Å². The summed E-state index contributed by atoms with van der Waals surface area (Å²) in [6.07, 6.45) is 5.62. The van der Waals surface area contributed by atoms with Crippen LogP contribution >= 0.6 is 0 Å². The summed E-state index contributed by atoms with van der Waals surface area (Å²) in [7, 11) is 0. The Morgan fingerprint density at radius 2 is 1.68 bits per heavy atom. The Morgan fingerprint density at radius 3 is 2.26 bits per heavy atom. The van der Waals surface area contributed by atoms with Gasteiger partial charge in [0.05, 0.1) is 12.2 Å². The van der Waals surface area contributed by atoms with Crippen LogP contribution in [0, 0.1) is 5.41 Å². The topological polar surface area (TPSA) is 35.2 Å². The molecule has 0 amide bonds. The van der Waals surface area contributed by atoms with Crippen LogP contribution in [-0.2, 0) is 11.2 Å². The molecule has 0 atom stereocenters. The predicted octanol–water partition coefficient (Wildman–Crippen LogP) is 3.54. The Bertz CT molecular complexity index is 376. The van der Waals surface area contributed by atoms with Gasteiger partial charge >= 0.3 is 0 Å². The number of nitrogens with two attached hydrogens (primary N) is 1. The van der Waals surface area contributed by atoms with Crippen molar-refractivity contribution in [2.24, 2.45) is 11.1 Å². The van der Waals surface area contributed by atoms with Crippen LogP contribution in [0.25, 0.3) is 0 Å². The SMILES string of the molecule is CC1(C)CCC(CN)(OCCc2ccccc2)CC1. The number of rotatable bonds is 5. The molecule has 0 heterocycles. The van der Waals surface area contributed by atoms with Gasteiger partial charge in [0, 0.05) is 6.54 Å². The molecule has 1 aliphatic carbocycles. The lowest BCUT2D eigenvalue weighted by Gasteiger charge is -2.42. The first-order valence-corrected chi connectivity index (χ1v) is 7.43. The van der Waals surface area contributed by atoms with E-state index in [1.54, 1.807) is 0 Å². The molecule has 0 saturated heterocycles. The maximum absolute atomic E-state index is 6.19. The smallest absolute Gasteiger partial charge is 0.0804 e. The molecule has 0 radical (unpaired) electrons. The second kappa shape index (κ2) is 6.06. The first-order chi connectivity index (χ1) is 9.05. The van der Waals surface area contributed by atoms with E-state index in [0.717, 1.165) is 25.9 Å². The largest absolute Gasteiger partial charge is 0.373 e. The minimum Gasteiger partial charge on any atom is -0.373 e. The molecule has 2 rings (SSSR count). The summed E-state index contributed by atoms with van der Waals surface area (Å²) < 4.78 is 6.19. The lowest BCUT2D eigenvalue weighted by atomic mass is 9.71. The fourth-order valence-electron chi connectivity index (χ4n) is 2.82. The highest BCUT2D eigenvalue weighted by atomic mass is 16.5. The van der Waals surface area contributed by atoms with Crippen molar-refractivity contribution in [3.05, 3.63) is 35.9 Å². The molecule has 0 aromatic heterocycles. The Kier molecular flexibility index (Phi) is 4.64. The van der Waals surface area contributed by atoms with Gasteiger partial charge in [-0.3, -0.25) is 0 Å². The van der Waals surface area contributed by atoms with E-state index in [-0.39, 0.29) is 5.60 Å². The first kappa shape index (κ1) is 14.5. The van der Waals surface area contributed by atoms with Gasteiger partial charge < -0.3 is 10.5 Å². The molecule has 0 aliphatic heterocycles. The highest BCUT2D eigenvalue weighted by Crippen LogP contribution is 2.41. The molecule has 0 bridgehead atoms. The maximum Gasteiger partial charge on any atom is 0.0804 e. The molecule has 2 nitrogen and oxygen atoms in total. The fourth-order valence-corrected chi connectivity index (χ4v) is 2.82.